The van der Waals surface area contributed by atoms with E-state index in [1.165, 1.54) is 24.3 Å². The summed E-state index contributed by atoms with van der Waals surface area (Å²) in [5.74, 6) is -0.410. The fourth-order valence-electron chi connectivity index (χ4n) is 4.92. The highest BCUT2D eigenvalue weighted by Crippen LogP contribution is 2.40. The summed E-state index contributed by atoms with van der Waals surface area (Å²) in [6.07, 6.45) is 7.10. The Morgan fingerprint density at radius 2 is 0.930 bits per heavy atom. The van der Waals surface area contributed by atoms with Crippen LogP contribution >= 0.6 is 0 Å². The summed E-state index contributed by atoms with van der Waals surface area (Å²) < 4.78 is 0. The number of phenols is 4. The third-order valence-corrected chi connectivity index (χ3v) is 7.37. The summed E-state index contributed by atoms with van der Waals surface area (Å²) in [4.78, 5) is 24.5. The third-order valence-electron chi connectivity index (χ3n) is 7.37. The molecular formula is C34H37N3O6. The molecule has 7 N–H and O–H groups in total. The summed E-state index contributed by atoms with van der Waals surface area (Å²) in [6.45, 7) is 5.67. The number of amides is 2. The third kappa shape index (κ3) is 7.25. The highest BCUT2D eigenvalue weighted by molar-refractivity contribution is 6.01. The van der Waals surface area contributed by atoms with E-state index in [0.717, 1.165) is 0 Å². The Balaban J connectivity index is 1.13. The van der Waals surface area contributed by atoms with Crippen molar-refractivity contribution in [2.24, 2.45) is 0 Å². The summed E-state index contributed by atoms with van der Waals surface area (Å²) in [5.41, 5.74) is 1.79. The van der Waals surface area contributed by atoms with E-state index < -0.39 is 0 Å². The second-order valence-electron chi connectivity index (χ2n) is 10.3. The van der Waals surface area contributed by atoms with Gasteiger partial charge in [0.15, 0.2) is 0 Å². The molecule has 43 heavy (non-hydrogen) atoms. The largest absolute Gasteiger partial charge is 0.507 e. The van der Waals surface area contributed by atoms with E-state index in [4.69, 9.17) is 0 Å². The number of aromatic hydroxyl groups is 4. The lowest BCUT2D eigenvalue weighted by Gasteiger charge is -2.11. The van der Waals surface area contributed by atoms with Gasteiger partial charge in [-0.1, -0.05) is 48.5 Å². The molecule has 0 aliphatic heterocycles. The first-order chi connectivity index (χ1) is 20.7. The van der Waals surface area contributed by atoms with Crippen LogP contribution in [0.3, 0.4) is 0 Å². The van der Waals surface area contributed by atoms with Gasteiger partial charge in [0, 0.05) is 69.0 Å². The minimum absolute atomic E-state index is 0.0194. The predicted molar refractivity (Wildman–Crippen MR) is 170 cm³/mol. The van der Waals surface area contributed by atoms with Crippen molar-refractivity contribution in [3.63, 3.8) is 0 Å². The number of carbonyl (C=O) groups is 2. The van der Waals surface area contributed by atoms with Crippen molar-refractivity contribution in [2.45, 2.75) is 26.7 Å². The molecule has 224 valence electrons. The molecule has 0 radical (unpaired) electrons. The minimum Gasteiger partial charge on any atom is -0.507 e. The van der Waals surface area contributed by atoms with Crippen LogP contribution in [0.1, 0.15) is 35.1 Å². The summed E-state index contributed by atoms with van der Waals surface area (Å²) in [7, 11) is 0. The van der Waals surface area contributed by atoms with Gasteiger partial charge in [0.1, 0.15) is 23.0 Å². The van der Waals surface area contributed by atoms with E-state index >= 15 is 0 Å². The molecule has 4 rings (SSSR count). The lowest BCUT2D eigenvalue weighted by molar-refractivity contribution is -0.117. The SMILES string of the molecule is Cc1c(/C=C/C(=O)NCCCNCCCNC(=O)/C=C/c2c(C)c(O)c3ccccc3c2O)c(O)c2ccccc2c1O. The first-order valence-corrected chi connectivity index (χ1v) is 14.2. The van der Waals surface area contributed by atoms with E-state index in [9.17, 15) is 30.0 Å². The maximum absolute atomic E-state index is 12.2. The van der Waals surface area contributed by atoms with Crippen LogP contribution in [0, 0.1) is 13.8 Å². The molecule has 0 bridgehead atoms. The molecule has 0 spiro atoms. The Hall–Kier alpha value is -5.02. The zero-order valence-electron chi connectivity index (χ0n) is 24.3. The standard InChI is InChI=1S/C34H37N3O6/c1-21-23(33(42)27-11-5-3-9-25(27)31(21)40)13-15-29(38)36-19-7-17-35-18-8-20-37-30(39)16-14-24-22(2)32(41)26-10-4-6-12-28(26)34(24)43/h3-6,9-16,35,40-43H,7-8,17-20H2,1-2H3,(H,36,38)(H,37,39)/b15-13+,16-14+. The number of benzene rings is 4. The molecule has 0 aliphatic rings. The second kappa shape index (κ2) is 14.2. The van der Waals surface area contributed by atoms with Crippen molar-refractivity contribution in [3.8, 4) is 23.0 Å². The van der Waals surface area contributed by atoms with Crippen LogP contribution in [0.25, 0.3) is 33.7 Å². The smallest absolute Gasteiger partial charge is 0.244 e. The molecule has 0 unspecified atom stereocenters. The second-order valence-corrected chi connectivity index (χ2v) is 10.3. The van der Waals surface area contributed by atoms with Crippen LogP contribution in [0.5, 0.6) is 23.0 Å². The number of hydrogen-bond donors (Lipinski definition) is 7. The van der Waals surface area contributed by atoms with Crippen molar-refractivity contribution in [1.29, 1.82) is 0 Å². The zero-order valence-corrected chi connectivity index (χ0v) is 24.3. The summed E-state index contributed by atoms with van der Waals surface area (Å²) in [5, 5.41) is 53.2. The van der Waals surface area contributed by atoms with Gasteiger partial charge in [0.2, 0.25) is 11.8 Å². The van der Waals surface area contributed by atoms with Gasteiger partial charge in [0.05, 0.1) is 0 Å². The van der Waals surface area contributed by atoms with Gasteiger partial charge in [-0.3, -0.25) is 9.59 Å². The molecular weight excluding hydrogens is 546 g/mol. The molecule has 0 atom stereocenters. The first-order valence-electron chi connectivity index (χ1n) is 14.2. The van der Waals surface area contributed by atoms with Crippen molar-refractivity contribution < 1.29 is 30.0 Å². The average molecular weight is 584 g/mol. The van der Waals surface area contributed by atoms with Crippen molar-refractivity contribution in [3.05, 3.63) is 82.9 Å². The number of fused-ring (bicyclic) bond motifs is 2. The van der Waals surface area contributed by atoms with Crippen LogP contribution in [-0.4, -0.2) is 58.4 Å². The Kier molecular flexibility index (Phi) is 10.2. The first kappa shape index (κ1) is 30.9. The van der Waals surface area contributed by atoms with Gasteiger partial charge in [0.25, 0.3) is 0 Å². The van der Waals surface area contributed by atoms with E-state index in [-0.39, 0.29) is 34.8 Å². The van der Waals surface area contributed by atoms with E-state index in [1.54, 1.807) is 62.4 Å². The van der Waals surface area contributed by atoms with Crippen LogP contribution in [0.2, 0.25) is 0 Å². The lowest BCUT2D eigenvalue weighted by atomic mass is 9.98. The predicted octanol–water partition coefficient (Wildman–Crippen LogP) is 4.76. The van der Waals surface area contributed by atoms with Crippen molar-refractivity contribution >= 4 is 45.5 Å². The Morgan fingerprint density at radius 3 is 1.30 bits per heavy atom. The summed E-state index contributed by atoms with van der Waals surface area (Å²) in [6, 6.07) is 14.0. The number of rotatable bonds is 12. The Morgan fingerprint density at radius 1 is 0.581 bits per heavy atom. The average Bonchev–Trinajstić information content (AvgIpc) is 3.01. The number of hydrogen-bond acceptors (Lipinski definition) is 7. The number of phenolic OH excluding ortho intramolecular Hbond substituents is 4. The maximum atomic E-state index is 12.2. The van der Waals surface area contributed by atoms with E-state index in [1.807, 2.05) is 0 Å². The zero-order chi connectivity index (χ0) is 30.9. The van der Waals surface area contributed by atoms with Crippen molar-refractivity contribution in [1.82, 2.24) is 16.0 Å². The monoisotopic (exact) mass is 583 g/mol. The fraction of sp³-hybridized carbons (Fsp3) is 0.235. The molecule has 0 aromatic heterocycles. The molecule has 2 amide bonds. The molecule has 0 aliphatic carbocycles. The molecule has 9 heteroatoms. The molecule has 0 fully saturated rings. The minimum atomic E-state index is -0.301. The highest BCUT2D eigenvalue weighted by atomic mass is 16.3. The van der Waals surface area contributed by atoms with Gasteiger partial charge in [-0.05, 0) is 51.9 Å². The molecule has 0 saturated carbocycles. The van der Waals surface area contributed by atoms with E-state index in [2.05, 4.69) is 16.0 Å². The maximum Gasteiger partial charge on any atom is 0.244 e. The number of nitrogens with one attached hydrogen (secondary N) is 3. The van der Waals surface area contributed by atoms with Crippen molar-refractivity contribution in [2.75, 3.05) is 26.2 Å². The van der Waals surface area contributed by atoms with Gasteiger partial charge >= 0.3 is 0 Å². The molecule has 4 aromatic carbocycles. The van der Waals surface area contributed by atoms with Gasteiger partial charge in [-0.15, -0.1) is 0 Å². The quantitative estimate of drug-likeness (QED) is 0.0722. The Labute approximate surface area is 250 Å². The van der Waals surface area contributed by atoms with Gasteiger partial charge in [-0.2, -0.15) is 0 Å². The molecule has 0 heterocycles. The molecule has 9 nitrogen and oxygen atoms in total. The summed E-state index contributed by atoms with van der Waals surface area (Å²) >= 11 is 0. The normalized spacial score (nSPS) is 11.6. The highest BCUT2D eigenvalue weighted by Gasteiger charge is 2.15. The molecule has 0 saturated heterocycles. The van der Waals surface area contributed by atoms with Crippen LogP contribution in [-0.2, 0) is 9.59 Å². The van der Waals surface area contributed by atoms with Crippen LogP contribution < -0.4 is 16.0 Å². The lowest BCUT2D eigenvalue weighted by Crippen LogP contribution is -2.28. The van der Waals surface area contributed by atoms with Gasteiger partial charge in [-0.25, -0.2) is 0 Å². The van der Waals surface area contributed by atoms with Crippen LogP contribution in [0.4, 0.5) is 0 Å². The molecule has 4 aromatic rings. The number of carbonyl (C=O) groups excluding carboxylic acids is 2. The topological polar surface area (TPSA) is 151 Å². The Bertz CT molecular complexity index is 1590. The fourth-order valence-corrected chi connectivity index (χ4v) is 4.92. The van der Waals surface area contributed by atoms with E-state index in [0.29, 0.717) is 82.8 Å². The van der Waals surface area contributed by atoms with Gasteiger partial charge < -0.3 is 36.4 Å². The van der Waals surface area contributed by atoms with Crippen LogP contribution in [0.15, 0.2) is 60.7 Å².